The lowest BCUT2D eigenvalue weighted by Crippen LogP contribution is -2.44. The van der Waals surface area contributed by atoms with Gasteiger partial charge in [0.25, 0.3) is 0 Å². The number of H-pyrrole nitrogens is 1. The molecule has 1 aliphatic heterocycles. The first kappa shape index (κ1) is 23.0. The molecule has 2 aromatic heterocycles. The van der Waals surface area contributed by atoms with Crippen molar-refractivity contribution in [2.75, 3.05) is 38.1 Å². The first-order chi connectivity index (χ1) is 16.0. The zero-order valence-electron chi connectivity index (χ0n) is 19.7. The summed E-state index contributed by atoms with van der Waals surface area (Å²) in [6, 6.07) is 10.8. The Balaban J connectivity index is 1.52. The van der Waals surface area contributed by atoms with Crippen molar-refractivity contribution in [1.82, 2.24) is 30.5 Å². The van der Waals surface area contributed by atoms with Crippen molar-refractivity contribution in [2.24, 2.45) is 5.92 Å². The summed E-state index contributed by atoms with van der Waals surface area (Å²) in [5, 5.41) is 14.7. The van der Waals surface area contributed by atoms with Gasteiger partial charge in [-0.15, -0.1) is 10.2 Å². The van der Waals surface area contributed by atoms with Gasteiger partial charge >= 0.3 is 0 Å². The zero-order chi connectivity index (χ0) is 23.2. The van der Waals surface area contributed by atoms with Crippen molar-refractivity contribution in [3.63, 3.8) is 0 Å². The summed E-state index contributed by atoms with van der Waals surface area (Å²) in [5.41, 5.74) is 4.57. The Kier molecular flexibility index (Phi) is 7.44. The number of Topliss-reactive ketones (excluding diaryl/α,β-unsaturated/α-hetero) is 1. The molecule has 0 saturated carbocycles. The van der Waals surface area contributed by atoms with Crippen LogP contribution in [0.1, 0.15) is 44.0 Å². The van der Waals surface area contributed by atoms with Crippen molar-refractivity contribution in [2.45, 2.75) is 39.0 Å². The number of nitrogens with zero attached hydrogens (tertiary/aromatic N) is 6. The van der Waals surface area contributed by atoms with Crippen LogP contribution in [0.3, 0.4) is 0 Å². The topological polar surface area (TPSA) is 90.9 Å². The highest BCUT2D eigenvalue weighted by atomic mass is 16.1. The third-order valence-electron chi connectivity index (χ3n) is 6.64. The lowest BCUT2D eigenvalue weighted by molar-refractivity contribution is -0.121. The van der Waals surface area contributed by atoms with Crippen molar-refractivity contribution in [1.29, 1.82) is 0 Å². The molecule has 3 aromatic rings. The SMILES string of the molecule is CCC[C@H](C(C)=O)[C@H](Cc1ccc(-c2cncc(N3CCN(C)CC3)c2)cc1)c1nn[nH]n1. The molecular formula is C25H33N7O. The van der Waals surface area contributed by atoms with E-state index in [1.54, 1.807) is 6.92 Å². The van der Waals surface area contributed by atoms with E-state index in [0.717, 1.165) is 55.7 Å². The average Bonchev–Trinajstić information content (AvgIpc) is 3.37. The number of aromatic nitrogens is 5. The van der Waals surface area contributed by atoms with Crippen LogP contribution in [-0.2, 0) is 11.2 Å². The number of rotatable bonds is 9. The Morgan fingerprint density at radius 1 is 1.09 bits per heavy atom. The molecule has 1 saturated heterocycles. The number of pyridine rings is 1. The van der Waals surface area contributed by atoms with Gasteiger partial charge in [-0.25, -0.2) is 0 Å². The van der Waals surface area contributed by atoms with E-state index in [9.17, 15) is 4.79 Å². The molecule has 2 atom stereocenters. The first-order valence-electron chi connectivity index (χ1n) is 11.8. The summed E-state index contributed by atoms with van der Waals surface area (Å²) < 4.78 is 0. The van der Waals surface area contributed by atoms with Crippen molar-refractivity contribution < 1.29 is 4.79 Å². The molecule has 174 valence electrons. The highest BCUT2D eigenvalue weighted by Gasteiger charge is 2.29. The fourth-order valence-electron chi connectivity index (χ4n) is 4.65. The van der Waals surface area contributed by atoms with Crippen molar-refractivity contribution >= 4 is 11.5 Å². The van der Waals surface area contributed by atoms with Gasteiger partial charge in [-0.05, 0) is 44.0 Å². The molecule has 8 heteroatoms. The maximum Gasteiger partial charge on any atom is 0.178 e. The Bertz CT molecular complexity index is 1030. The molecule has 0 aliphatic carbocycles. The summed E-state index contributed by atoms with van der Waals surface area (Å²) >= 11 is 0. The van der Waals surface area contributed by atoms with Crippen LogP contribution in [0, 0.1) is 5.92 Å². The van der Waals surface area contributed by atoms with Gasteiger partial charge < -0.3 is 9.80 Å². The van der Waals surface area contributed by atoms with Gasteiger partial charge in [0.05, 0.1) is 11.9 Å². The number of ketones is 1. The number of tetrazole rings is 1. The molecule has 0 radical (unpaired) electrons. The van der Waals surface area contributed by atoms with E-state index in [2.05, 4.69) is 79.7 Å². The number of hydrogen-bond donors (Lipinski definition) is 1. The number of nitrogens with one attached hydrogen (secondary N) is 1. The normalized spacial score (nSPS) is 16.5. The lowest BCUT2D eigenvalue weighted by Gasteiger charge is -2.34. The maximum atomic E-state index is 12.4. The minimum Gasteiger partial charge on any atom is -0.368 e. The second-order valence-corrected chi connectivity index (χ2v) is 9.01. The number of carbonyl (C=O) groups is 1. The summed E-state index contributed by atoms with van der Waals surface area (Å²) in [4.78, 5) is 21.6. The summed E-state index contributed by atoms with van der Waals surface area (Å²) in [6.07, 6.45) is 6.33. The van der Waals surface area contributed by atoms with E-state index in [4.69, 9.17) is 0 Å². The van der Waals surface area contributed by atoms with E-state index < -0.39 is 0 Å². The number of piperazine rings is 1. The van der Waals surface area contributed by atoms with E-state index in [1.165, 1.54) is 5.69 Å². The molecule has 1 aromatic carbocycles. The van der Waals surface area contributed by atoms with E-state index in [0.29, 0.717) is 12.2 Å². The summed E-state index contributed by atoms with van der Waals surface area (Å²) in [7, 11) is 2.16. The summed E-state index contributed by atoms with van der Waals surface area (Å²) in [5.74, 6) is 0.581. The second-order valence-electron chi connectivity index (χ2n) is 9.01. The number of carbonyl (C=O) groups excluding carboxylic acids is 1. The first-order valence-corrected chi connectivity index (χ1v) is 11.8. The fourth-order valence-corrected chi connectivity index (χ4v) is 4.65. The number of likely N-dealkylation sites (N-methyl/N-ethyl adjacent to an activating group) is 1. The predicted octanol–water partition coefficient (Wildman–Crippen LogP) is 3.35. The van der Waals surface area contributed by atoms with Gasteiger partial charge in [-0.3, -0.25) is 9.78 Å². The molecule has 1 aliphatic rings. The minimum absolute atomic E-state index is 0.0886. The second kappa shape index (κ2) is 10.7. The smallest absolute Gasteiger partial charge is 0.178 e. The van der Waals surface area contributed by atoms with Crippen LogP contribution in [0.15, 0.2) is 42.7 Å². The molecule has 0 unspecified atom stereocenters. The molecule has 8 nitrogen and oxygen atoms in total. The highest BCUT2D eigenvalue weighted by Crippen LogP contribution is 2.31. The van der Waals surface area contributed by atoms with Gasteiger partial charge in [-0.2, -0.15) is 5.21 Å². The minimum atomic E-state index is -0.114. The molecule has 1 N–H and O–H groups in total. The fraction of sp³-hybridized carbons (Fsp3) is 0.480. The lowest BCUT2D eigenvalue weighted by atomic mass is 9.81. The molecule has 0 bridgehead atoms. The van der Waals surface area contributed by atoms with E-state index in [-0.39, 0.29) is 17.6 Å². The quantitative estimate of drug-likeness (QED) is 0.538. The monoisotopic (exact) mass is 447 g/mol. The van der Waals surface area contributed by atoms with Crippen LogP contribution in [-0.4, -0.2) is 69.5 Å². The predicted molar refractivity (Wildman–Crippen MR) is 129 cm³/mol. The Labute approximate surface area is 195 Å². The van der Waals surface area contributed by atoms with Crippen LogP contribution in [0.25, 0.3) is 11.1 Å². The van der Waals surface area contributed by atoms with Gasteiger partial charge in [0, 0.05) is 49.8 Å². The van der Waals surface area contributed by atoms with Gasteiger partial charge in [-0.1, -0.05) is 42.8 Å². The molecule has 1 fully saturated rings. The largest absolute Gasteiger partial charge is 0.368 e. The van der Waals surface area contributed by atoms with E-state index >= 15 is 0 Å². The molecule has 0 spiro atoms. The van der Waals surface area contributed by atoms with Crippen LogP contribution in [0.2, 0.25) is 0 Å². The summed E-state index contributed by atoms with van der Waals surface area (Å²) in [6.45, 7) is 7.94. The third kappa shape index (κ3) is 5.63. The highest BCUT2D eigenvalue weighted by molar-refractivity contribution is 5.79. The van der Waals surface area contributed by atoms with Crippen LogP contribution in [0.4, 0.5) is 5.69 Å². The van der Waals surface area contributed by atoms with Crippen molar-refractivity contribution in [3.8, 4) is 11.1 Å². The molecular weight excluding hydrogens is 414 g/mol. The number of anilines is 1. The Morgan fingerprint density at radius 2 is 1.85 bits per heavy atom. The van der Waals surface area contributed by atoms with Crippen molar-refractivity contribution in [3.05, 3.63) is 54.1 Å². The molecule has 0 amide bonds. The van der Waals surface area contributed by atoms with Gasteiger partial charge in [0.1, 0.15) is 5.78 Å². The number of benzene rings is 1. The van der Waals surface area contributed by atoms with Crippen LogP contribution >= 0.6 is 0 Å². The standard InChI is InChI=1S/C25H33N7O/c1-4-5-23(18(2)33)24(25-27-29-30-28-25)14-19-6-8-20(9-7-19)21-15-22(17-26-16-21)32-12-10-31(3)11-13-32/h6-9,15-17,23-24H,4-5,10-14H2,1-3H3,(H,27,28,29,30)/t23-,24+/m1/s1. The maximum absolute atomic E-state index is 12.4. The molecule has 4 rings (SSSR count). The van der Waals surface area contributed by atoms with Crippen LogP contribution in [0.5, 0.6) is 0 Å². The van der Waals surface area contributed by atoms with Crippen LogP contribution < -0.4 is 4.90 Å². The Hall–Kier alpha value is -3.13. The molecule has 33 heavy (non-hydrogen) atoms. The molecule has 3 heterocycles. The number of hydrogen-bond acceptors (Lipinski definition) is 7. The number of aromatic amines is 1. The average molecular weight is 448 g/mol. The van der Waals surface area contributed by atoms with E-state index in [1.807, 2.05) is 12.4 Å². The van der Waals surface area contributed by atoms with Gasteiger partial charge in [0.2, 0.25) is 0 Å². The van der Waals surface area contributed by atoms with Gasteiger partial charge in [0.15, 0.2) is 5.82 Å². The third-order valence-corrected chi connectivity index (χ3v) is 6.64. The Morgan fingerprint density at radius 3 is 2.48 bits per heavy atom. The zero-order valence-corrected chi connectivity index (χ0v) is 19.7.